The van der Waals surface area contributed by atoms with Gasteiger partial charge in [-0.2, -0.15) is 0 Å². The summed E-state index contributed by atoms with van der Waals surface area (Å²) in [5, 5.41) is 6.32. The maximum Gasteiger partial charge on any atom is 0.410 e. The Labute approximate surface area is 264 Å². The molecule has 0 radical (unpaired) electrons. The summed E-state index contributed by atoms with van der Waals surface area (Å²) in [5.74, 6) is -0.922. The van der Waals surface area contributed by atoms with E-state index in [4.69, 9.17) is 9.47 Å². The first-order valence-corrected chi connectivity index (χ1v) is 15.3. The van der Waals surface area contributed by atoms with E-state index in [1.807, 2.05) is 35.2 Å². The number of carbonyl (C=O) groups is 3. The second-order valence-corrected chi connectivity index (χ2v) is 11.4. The quantitative estimate of drug-likeness (QED) is 0.329. The summed E-state index contributed by atoms with van der Waals surface area (Å²) >= 11 is 0. The van der Waals surface area contributed by atoms with Gasteiger partial charge in [0.2, 0.25) is 11.8 Å². The lowest BCUT2D eigenvalue weighted by Gasteiger charge is -2.38. The van der Waals surface area contributed by atoms with Crippen molar-refractivity contribution in [1.82, 2.24) is 24.9 Å². The fourth-order valence-electron chi connectivity index (χ4n) is 5.89. The molecule has 0 unspecified atom stereocenters. The van der Waals surface area contributed by atoms with Crippen LogP contribution >= 0.6 is 0 Å². The zero-order chi connectivity index (χ0) is 32.0. The molecule has 6 rings (SSSR count). The van der Waals surface area contributed by atoms with E-state index in [-0.39, 0.29) is 53.7 Å². The minimum atomic E-state index is -0.614. The molecule has 3 heterocycles. The number of H-pyrrole nitrogens is 1. The number of rotatable bonds is 7. The topological polar surface area (TPSA) is 125 Å². The van der Waals surface area contributed by atoms with Gasteiger partial charge >= 0.3 is 6.09 Å². The standard InChI is InChI=1S/C34H34FN5O6/c35-28-11-5-10-27-29(28)31(37-36-30(27)41)45-22-24-8-4-9-26(20-24)33(43)39-18-16-38(17-19-39)32(42)25-12-14-40(15-13-25)34(44)46-21-23-6-2-1-3-7-23/h1-11,20,25H,12-19,21-22H2,(H,36,41). The number of piperidine rings is 1. The third-order valence-corrected chi connectivity index (χ3v) is 8.47. The SMILES string of the molecule is O=C(OCc1ccccc1)N1CCC(C(=O)N2CCN(C(=O)c3cccc(COc4n[nH]c(=O)c5cccc(F)c45)c3)CC2)CC1. The highest BCUT2D eigenvalue weighted by Crippen LogP contribution is 2.25. The van der Waals surface area contributed by atoms with Crippen LogP contribution in [0.25, 0.3) is 10.8 Å². The van der Waals surface area contributed by atoms with E-state index in [1.165, 1.54) is 18.2 Å². The van der Waals surface area contributed by atoms with Gasteiger partial charge in [0.1, 0.15) is 19.0 Å². The van der Waals surface area contributed by atoms with Gasteiger partial charge in [0.15, 0.2) is 0 Å². The number of nitrogens with zero attached hydrogens (tertiary/aromatic N) is 4. The molecule has 2 saturated heterocycles. The van der Waals surface area contributed by atoms with Crippen LogP contribution in [0.15, 0.2) is 77.6 Å². The van der Waals surface area contributed by atoms with Gasteiger partial charge in [-0.3, -0.25) is 14.4 Å². The van der Waals surface area contributed by atoms with Crippen molar-refractivity contribution in [2.45, 2.75) is 26.1 Å². The predicted molar refractivity (Wildman–Crippen MR) is 167 cm³/mol. The Kier molecular flexibility index (Phi) is 9.23. The molecule has 238 valence electrons. The Hall–Kier alpha value is -5.26. The van der Waals surface area contributed by atoms with Crippen molar-refractivity contribution in [1.29, 1.82) is 0 Å². The summed E-state index contributed by atoms with van der Waals surface area (Å²) in [6.45, 7) is 2.83. The Bertz CT molecular complexity index is 1780. The molecule has 46 heavy (non-hydrogen) atoms. The number of benzene rings is 3. The molecule has 0 saturated carbocycles. The highest BCUT2D eigenvalue weighted by Gasteiger charge is 2.33. The summed E-state index contributed by atoms with van der Waals surface area (Å²) in [7, 11) is 0. The van der Waals surface area contributed by atoms with Gasteiger partial charge in [-0.25, -0.2) is 14.3 Å². The molecular formula is C34H34FN5O6. The number of halogens is 1. The van der Waals surface area contributed by atoms with Gasteiger partial charge < -0.3 is 24.2 Å². The lowest BCUT2D eigenvalue weighted by Crippen LogP contribution is -2.53. The molecule has 12 heteroatoms. The minimum absolute atomic E-state index is 0.00204. The molecule has 2 fully saturated rings. The first kappa shape index (κ1) is 30.8. The molecule has 1 aromatic heterocycles. The number of aromatic amines is 1. The molecule has 0 aliphatic carbocycles. The van der Waals surface area contributed by atoms with Crippen molar-refractivity contribution in [3.05, 3.63) is 106 Å². The summed E-state index contributed by atoms with van der Waals surface area (Å²) in [4.78, 5) is 56.3. The maximum atomic E-state index is 14.5. The van der Waals surface area contributed by atoms with Crippen LogP contribution in [-0.2, 0) is 22.7 Å². The average molecular weight is 628 g/mol. The molecule has 1 N–H and O–H groups in total. The number of hydrogen-bond donors (Lipinski definition) is 1. The molecule has 3 amide bonds. The van der Waals surface area contributed by atoms with E-state index in [0.717, 1.165) is 5.56 Å². The number of hydrogen-bond acceptors (Lipinski definition) is 7. The molecule has 0 bridgehead atoms. The number of piperazine rings is 1. The largest absolute Gasteiger partial charge is 0.471 e. The number of likely N-dealkylation sites (tertiary alicyclic amines) is 1. The minimum Gasteiger partial charge on any atom is -0.471 e. The van der Waals surface area contributed by atoms with Crippen molar-refractivity contribution >= 4 is 28.7 Å². The monoisotopic (exact) mass is 627 g/mol. The molecular weight excluding hydrogens is 593 g/mol. The molecule has 3 aromatic carbocycles. The molecule has 2 aliphatic heterocycles. The number of ether oxygens (including phenoxy) is 2. The van der Waals surface area contributed by atoms with E-state index < -0.39 is 11.4 Å². The second kappa shape index (κ2) is 13.8. The van der Waals surface area contributed by atoms with Crippen LogP contribution in [0.3, 0.4) is 0 Å². The van der Waals surface area contributed by atoms with E-state index in [9.17, 15) is 23.6 Å². The fraction of sp³-hybridized carbons (Fsp3) is 0.324. The number of aromatic nitrogens is 2. The fourth-order valence-corrected chi connectivity index (χ4v) is 5.89. The summed E-state index contributed by atoms with van der Waals surface area (Å²) in [6.07, 6.45) is 0.780. The van der Waals surface area contributed by atoms with Gasteiger partial charge in [0.05, 0.1) is 10.8 Å². The van der Waals surface area contributed by atoms with Gasteiger partial charge in [-0.1, -0.05) is 48.5 Å². The van der Waals surface area contributed by atoms with E-state index in [1.54, 1.807) is 34.1 Å². The number of carbonyl (C=O) groups excluding carboxylic acids is 3. The molecule has 0 atom stereocenters. The van der Waals surface area contributed by atoms with Crippen molar-refractivity contribution in [3.8, 4) is 5.88 Å². The summed E-state index contributed by atoms with van der Waals surface area (Å²) in [6, 6.07) is 20.6. The Morgan fingerprint density at radius 2 is 1.50 bits per heavy atom. The van der Waals surface area contributed by atoms with Crippen molar-refractivity contribution in [2.24, 2.45) is 5.92 Å². The maximum absolute atomic E-state index is 14.5. The Morgan fingerprint density at radius 3 is 2.26 bits per heavy atom. The van der Waals surface area contributed by atoms with Crippen LogP contribution < -0.4 is 10.3 Å². The highest BCUT2D eigenvalue weighted by atomic mass is 19.1. The van der Waals surface area contributed by atoms with Crippen molar-refractivity contribution < 1.29 is 28.2 Å². The number of fused-ring (bicyclic) bond motifs is 1. The van der Waals surface area contributed by atoms with Gasteiger partial charge in [0.25, 0.3) is 11.5 Å². The second-order valence-electron chi connectivity index (χ2n) is 11.4. The van der Waals surface area contributed by atoms with Crippen LogP contribution in [0.1, 0.15) is 34.3 Å². The lowest BCUT2D eigenvalue weighted by molar-refractivity contribution is -0.138. The van der Waals surface area contributed by atoms with Crippen LogP contribution in [0, 0.1) is 11.7 Å². The Balaban J connectivity index is 0.978. The van der Waals surface area contributed by atoms with Crippen LogP contribution in [0.4, 0.5) is 9.18 Å². The normalized spacial score (nSPS) is 15.5. The smallest absolute Gasteiger partial charge is 0.410 e. The zero-order valence-electron chi connectivity index (χ0n) is 25.2. The molecule has 2 aliphatic rings. The predicted octanol–water partition coefficient (Wildman–Crippen LogP) is 3.97. The first-order chi connectivity index (χ1) is 22.4. The van der Waals surface area contributed by atoms with Gasteiger partial charge in [-0.15, -0.1) is 5.10 Å². The van der Waals surface area contributed by atoms with Gasteiger partial charge in [-0.05, 0) is 48.2 Å². The highest BCUT2D eigenvalue weighted by molar-refractivity contribution is 5.94. The summed E-state index contributed by atoms with van der Waals surface area (Å²) < 4.78 is 25.7. The lowest BCUT2D eigenvalue weighted by atomic mass is 9.95. The number of amides is 3. The molecule has 11 nitrogen and oxygen atoms in total. The molecule has 0 spiro atoms. The number of nitrogens with one attached hydrogen (secondary N) is 1. The molecule has 4 aromatic rings. The van der Waals surface area contributed by atoms with Crippen LogP contribution in [0.5, 0.6) is 5.88 Å². The average Bonchev–Trinajstić information content (AvgIpc) is 3.10. The van der Waals surface area contributed by atoms with Crippen molar-refractivity contribution in [3.63, 3.8) is 0 Å². The third kappa shape index (κ3) is 6.85. The third-order valence-electron chi connectivity index (χ3n) is 8.47. The van der Waals surface area contributed by atoms with E-state index >= 15 is 0 Å². The van der Waals surface area contributed by atoms with E-state index in [0.29, 0.717) is 63.2 Å². The summed E-state index contributed by atoms with van der Waals surface area (Å²) in [5.41, 5.74) is 1.55. The van der Waals surface area contributed by atoms with Crippen molar-refractivity contribution in [2.75, 3.05) is 39.3 Å². The van der Waals surface area contributed by atoms with Gasteiger partial charge in [0, 0.05) is 50.7 Å². The zero-order valence-corrected chi connectivity index (χ0v) is 25.2. The first-order valence-electron chi connectivity index (χ1n) is 15.3. The van der Waals surface area contributed by atoms with E-state index in [2.05, 4.69) is 10.2 Å². The van der Waals surface area contributed by atoms with Crippen LogP contribution in [-0.4, -0.2) is 82.1 Å². The van der Waals surface area contributed by atoms with Crippen LogP contribution in [0.2, 0.25) is 0 Å². The Morgan fingerprint density at radius 1 is 0.804 bits per heavy atom.